The molecule has 25 heavy (non-hydrogen) atoms. The molecule has 0 aliphatic carbocycles. The summed E-state index contributed by atoms with van der Waals surface area (Å²) in [5.74, 6) is -0.238. The second kappa shape index (κ2) is 8.02. The van der Waals surface area contributed by atoms with Gasteiger partial charge in [0.25, 0.3) is 0 Å². The van der Waals surface area contributed by atoms with Crippen molar-refractivity contribution < 1.29 is 14.3 Å². The van der Waals surface area contributed by atoms with Gasteiger partial charge in [0.1, 0.15) is 5.69 Å². The van der Waals surface area contributed by atoms with E-state index in [1.807, 2.05) is 37.4 Å². The maximum absolute atomic E-state index is 12.3. The summed E-state index contributed by atoms with van der Waals surface area (Å²) in [6.07, 6.45) is 1.74. The third kappa shape index (κ3) is 3.93. The van der Waals surface area contributed by atoms with Crippen molar-refractivity contribution in [3.8, 4) is 0 Å². The van der Waals surface area contributed by atoms with Crippen molar-refractivity contribution in [2.45, 2.75) is 25.7 Å². The van der Waals surface area contributed by atoms with Crippen molar-refractivity contribution in [1.82, 2.24) is 9.78 Å². The molecule has 0 unspecified atom stereocenters. The Labute approximate surface area is 146 Å². The number of carbonyl (C=O) groups excluding carboxylic acids is 1. The van der Waals surface area contributed by atoms with E-state index in [-0.39, 0.29) is 18.2 Å². The molecule has 0 radical (unpaired) electrons. The Morgan fingerprint density at radius 2 is 2.00 bits per heavy atom. The normalized spacial score (nSPS) is 15.6. The lowest BCUT2D eigenvalue weighted by molar-refractivity contribution is 0.0519. The first-order chi connectivity index (χ1) is 12.2. The predicted molar refractivity (Wildman–Crippen MR) is 92.6 cm³/mol. The third-order valence-electron chi connectivity index (χ3n) is 4.16. The zero-order valence-corrected chi connectivity index (χ0v) is 14.5. The van der Waals surface area contributed by atoms with Gasteiger partial charge >= 0.3 is 5.97 Å². The summed E-state index contributed by atoms with van der Waals surface area (Å²) >= 11 is 0. The number of esters is 1. The smallest absolute Gasteiger partial charge is 0.361 e. The average Bonchev–Trinajstić information content (AvgIpc) is 2.98. The second-order valence-electron chi connectivity index (χ2n) is 5.85. The lowest BCUT2D eigenvalue weighted by atomic mass is 9.95. The molecule has 2 aromatic rings. The molecule has 3 rings (SSSR count). The summed E-state index contributed by atoms with van der Waals surface area (Å²) in [6, 6.07) is 9.42. The van der Waals surface area contributed by atoms with Gasteiger partial charge in [0.15, 0.2) is 5.69 Å². The molecule has 0 bridgehead atoms. The molecule has 0 spiro atoms. The highest BCUT2D eigenvalue weighted by Gasteiger charge is 2.29. The minimum Gasteiger partial charge on any atom is -0.461 e. The van der Waals surface area contributed by atoms with Crippen LogP contribution in [0.5, 0.6) is 0 Å². The van der Waals surface area contributed by atoms with Gasteiger partial charge in [-0.3, -0.25) is 4.68 Å². The number of aromatic nitrogens is 2. The van der Waals surface area contributed by atoms with Crippen LogP contribution >= 0.6 is 0 Å². The molecule has 7 heteroatoms. The molecule has 1 saturated heterocycles. The Morgan fingerprint density at radius 3 is 2.68 bits per heavy atom. The van der Waals surface area contributed by atoms with Crippen LogP contribution in [0.15, 0.2) is 40.6 Å². The number of aryl methyl sites for hydroxylation is 1. The van der Waals surface area contributed by atoms with Crippen molar-refractivity contribution in [2.24, 2.45) is 17.3 Å². The summed E-state index contributed by atoms with van der Waals surface area (Å²) in [5, 5.41) is 13.0. The van der Waals surface area contributed by atoms with E-state index in [2.05, 4.69) is 15.3 Å². The molecule has 1 aromatic carbocycles. The molecular weight excluding hydrogens is 320 g/mol. The van der Waals surface area contributed by atoms with E-state index in [1.165, 1.54) is 0 Å². The number of ether oxygens (including phenoxy) is 2. The molecule has 132 valence electrons. The third-order valence-corrected chi connectivity index (χ3v) is 4.16. The van der Waals surface area contributed by atoms with Gasteiger partial charge in [-0.1, -0.05) is 18.2 Å². The number of azo groups is 1. The molecule has 0 saturated carbocycles. The zero-order valence-electron chi connectivity index (χ0n) is 14.5. The van der Waals surface area contributed by atoms with Crippen molar-refractivity contribution in [2.75, 3.05) is 19.8 Å². The molecule has 2 heterocycles. The second-order valence-corrected chi connectivity index (χ2v) is 5.85. The highest BCUT2D eigenvalue weighted by atomic mass is 16.5. The number of rotatable bonds is 5. The maximum atomic E-state index is 12.3. The standard InChI is InChI=1S/C18H22N4O3/c1-3-25-18(23)16-15(20-19-14-7-5-4-6-8-14)17(22(2)21-16)13-9-11-24-12-10-13/h4-8,13H,3,9-12H2,1-2H3. The highest BCUT2D eigenvalue weighted by molar-refractivity contribution is 5.93. The van der Waals surface area contributed by atoms with Crippen LogP contribution in [-0.4, -0.2) is 35.6 Å². The number of nitrogens with zero attached hydrogens (tertiary/aromatic N) is 4. The van der Waals surface area contributed by atoms with E-state index in [0.29, 0.717) is 18.9 Å². The van der Waals surface area contributed by atoms with E-state index >= 15 is 0 Å². The minimum absolute atomic E-state index is 0.213. The van der Waals surface area contributed by atoms with Gasteiger partial charge in [0.05, 0.1) is 18.0 Å². The highest BCUT2D eigenvalue weighted by Crippen LogP contribution is 2.37. The summed E-state index contributed by atoms with van der Waals surface area (Å²) < 4.78 is 12.3. The largest absolute Gasteiger partial charge is 0.461 e. The molecule has 0 amide bonds. The van der Waals surface area contributed by atoms with Gasteiger partial charge in [-0.2, -0.15) is 10.2 Å². The number of carbonyl (C=O) groups is 1. The first-order valence-corrected chi connectivity index (χ1v) is 8.49. The number of hydrogen-bond donors (Lipinski definition) is 0. The van der Waals surface area contributed by atoms with Crippen LogP contribution in [0.4, 0.5) is 11.4 Å². The van der Waals surface area contributed by atoms with E-state index in [1.54, 1.807) is 11.6 Å². The Kier molecular flexibility index (Phi) is 5.55. The minimum atomic E-state index is -0.474. The fourth-order valence-corrected chi connectivity index (χ4v) is 2.99. The lowest BCUT2D eigenvalue weighted by Gasteiger charge is -2.22. The number of benzene rings is 1. The first-order valence-electron chi connectivity index (χ1n) is 8.49. The van der Waals surface area contributed by atoms with Gasteiger partial charge in [-0.25, -0.2) is 4.79 Å². The molecule has 0 atom stereocenters. The molecule has 1 aliphatic rings. The van der Waals surface area contributed by atoms with Crippen LogP contribution in [-0.2, 0) is 16.5 Å². The Bertz CT molecular complexity index is 749. The Morgan fingerprint density at radius 1 is 1.28 bits per heavy atom. The van der Waals surface area contributed by atoms with Crippen molar-refractivity contribution in [3.63, 3.8) is 0 Å². The first kappa shape index (κ1) is 17.3. The van der Waals surface area contributed by atoms with Crippen LogP contribution in [0.3, 0.4) is 0 Å². The molecule has 1 fully saturated rings. The predicted octanol–water partition coefficient (Wildman–Crippen LogP) is 3.91. The monoisotopic (exact) mass is 342 g/mol. The van der Waals surface area contributed by atoms with E-state index in [0.717, 1.165) is 24.2 Å². The van der Waals surface area contributed by atoms with Crippen molar-refractivity contribution in [1.29, 1.82) is 0 Å². The summed E-state index contributed by atoms with van der Waals surface area (Å²) in [6.45, 7) is 3.45. The van der Waals surface area contributed by atoms with E-state index < -0.39 is 5.97 Å². The summed E-state index contributed by atoms with van der Waals surface area (Å²) in [7, 11) is 1.83. The zero-order chi connectivity index (χ0) is 17.6. The fourth-order valence-electron chi connectivity index (χ4n) is 2.99. The van der Waals surface area contributed by atoms with Crippen molar-refractivity contribution in [3.05, 3.63) is 41.7 Å². The van der Waals surface area contributed by atoms with Gasteiger partial charge in [0.2, 0.25) is 0 Å². The van der Waals surface area contributed by atoms with Crippen molar-refractivity contribution >= 4 is 17.3 Å². The van der Waals surface area contributed by atoms with Crippen LogP contribution in [0.25, 0.3) is 0 Å². The summed E-state index contributed by atoms with van der Waals surface area (Å²) in [5.41, 5.74) is 2.34. The van der Waals surface area contributed by atoms with Crippen LogP contribution in [0.1, 0.15) is 41.9 Å². The SMILES string of the molecule is CCOC(=O)c1nn(C)c(C2CCOCC2)c1N=Nc1ccccc1. The summed E-state index contributed by atoms with van der Waals surface area (Å²) in [4.78, 5) is 12.3. The van der Waals surface area contributed by atoms with Gasteiger partial charge in [0, 0.05) is 26.2 Å². The maximum Gasteiger partial charge on any atom is 0.361 e. The Hall–Kier alpha value is -2.54. The van der Waals surface area contributed by atoms with Gasteiger partial charge in [-0.15, -0.1) is 5.11 Å². The van der Waals surface area contributed by atoms with Crippen LogP contribution in [0, 0.1) is 0 Å². The van der Waals surface area contributed by atoms with E-state index in [4.69, 9.17) is 9.47 Å². The van der Waals surface area contributed by atoms with Crippen LogP contribution in [0.2, 0.25) is 0 Å². The molecule has 1 aromatic heterocycles. The molecular formula is C18H22N4O3. The van der Waals surface area contributed by atoms with Crippen LogP contribution < -0.4 is 0 Å². The fraction of sp³-hybridized carbons (Fsp3) is 0.444. The quantitative estimate of drug-likeness (QED) is 0.610. The van der Waals surface area contributed by atoms with Gasteiger partial charge in [-0.05, 0) is 31.9 Å². The average molecular weight is 342 g/mol. The molecule has 1 aliphatic heterocycles. The topological polar surface area (TPSA) is 78.1 Å². The molecule has 0 N–H and O–H groups in total. The van der Waals surface area contributed by atoms with Gasteiger partial charge < -0.3 is 9.47 Å². The Balaban J connectivity index is 2.01. The number of hydrogen-bond acceptors (Lipinski definition) is 6. The lowest BCUT2D eigenvalue weighted by Crippen LogP contribution is -2.16. The molecule has 7 nitrogen and oxygen atoms in total. The van der Waals surface area contributed by atoms with E-state index in [9.17, 15) is 4.79 Å².